The number of fused-ring (bicyclic) bond motifs is 1. The summed E-state index contributed by atoms with van der Waals surface area (Å²) < 4.78 is 30.8. The van der Waals surface area contributed by atoms with Gasteiger partial charge >= 0.3 is 0 Å². The van der Waals surface area contributed by atoms with Gasteiger partial charge in [0, 0.05) is 45.1 Å². The Balaban J connectivity index is 0.00000118. The standard InChI is InChI=1S/C24H30N5O4PS2.CH4O/c1-16-19(14-20(32-16)29-15-25-21-22(29)26-17(2)27-23(21)30)33-34(28-10-6-7-11-28)36-13-12-35-24(31)18-8-4-3-5-9-18;1-2/h3-5,8-9,15-16,19-20H,6-7,10-14H2,1-2H3,(H,26,27,30);2H,1H3/t16-,19-,20-,34?;/m1./s1/i1D;2T. The van der Waals surface area contributed by atoms with Gasteiger partial charge in [0.2, 0.25) is 6.55 Å². The van der Waals surface area contributed by atoms with Crippen LogP contribution in [0.15, 0.2) is 41.5 Å². The summed E-state index contributed by atoms with van der Waals surface area (Å²) in [6.45, 7) is 3.81. The van der Waals surface area contributed by atoms with Crippen molar-refractivity contribution in [2.45, 2.75) is 51.5 Å². The molecule has 1 aromatic carbocycles. The van der Waals surface area contributed by atoms with Gasteiger partial charge in [0.15, 0.2) is 18.7 Å². The molecule has 5 rings (SSSR count). The van der Waals surface area contributed by atoms with Crippen molar-refractivity contribution in [3.8, 4) is 0 Å². The van der Waals surface area contributed by atoms with Crippen LogP contribution in [0.1, 0.15) is 49.9 Å². The van der Waals surface area contributed by atoms with E-state index in [0.717, 1.165) is 37.2 Å². The van der Waals surface area contributed by atoms with Crippen molar-refractivity contribution in [1.29, 1.82) is 1.43 Å². The first-order valence-electron chi connectivity index (χ1n) is 13.5. The Kier molecular flexibility index (Phi) is 9.75. The second-order valence-electron chi connectivity index (χ2n) is 8.72. The average molecular weight is 583 g/mol. The zero-order valence-corrected chi connectivity index (χ0v) is 24.0. The van der Waals surface area contributed by atoms with Gasteiger partial charge in [0.05, 0.1) is 18.5 Å². The molecule has 4 atom stereocenters. The molecule has 2 aliphatic rings. The van der Waals surface area contributed by atoms with Gasteiger partial charge in [0.25, 0.3) is 5.56 Å². The number of aliphatic hydroxyl groups is 1. The molecule has 0 spiro atoms. The van der Waals surface area contributed by atoms with Crippen molar-refractivity contribution >= 4 is 46.9 Å². The van der Waals surface area contributed by atoms with Gasteiger partial charge in [-0.25, -0.2) is 9.97 Å². The highest BCUT2D eigenvalue weighted by molar-refractivity contribution is 8.53. The van der Waals surface area contributed by atoms with E-state index in [4.69, 9.17) is 12.1 Å². The van der Waals surface area contributed by atoms with Crippen LogP contribution in [0.4, 0.5) is 0 Å². The third kappa shape index (κ3) is 7.04. The number of nitrogens with one attached hydrogen (secondary N) is 1. The maximum atomic E-state index is 12.4. The Morgan fingerprint density at radius 3 is 2.87 bits per heavy atom. The maximum absolute atomic E-state index is 12.4. The molecule has 2 N–H and O–H groups in total. The zero-order chi connectivity index (χ0) is 28.5. The normalized spacial score (nSPS) is 23.1. The number of thioether (sulfide) groups is 1. The van der Waals surface area contributed by atoms with Gasteiger partial charge in [-0.15, -0.1) is 0 Å². The summed E-state index contributed by atoms with van der Waals surface area (Å²) in [5.74, 6) is 2.02. The van der Waals surface area contributed by atoms with Gasteiger partial charge in [-0.1, -0.05) is 53.5 Å². The van der Waals surface area contributed by atoms with Crippen LogP contribution in [-0.4, -0.2) is 79.8 Å². The number of aromatic nitrogens is 4. The van der Waals surface area contributed by atoms with Crippen LogP contribution in [-0.2, 0) is 9.26 Å². The number of imidazole rings is 1. The number of ether oxygens (including phenoxy) is 1. The summed E-state index contributed by atoms with van der Waals surface area (Å²) in [4.78, 5) is 36.1. The maximum Gasteiger partial charge on any atom is 0.279 e. The van der Waals surface area contributed by atoms with E-state index in [9.17, 15) is 9.59 Å². The molecule has 2 aliphatic heterocycles. The lowest BCUT2D eigenvalue weighted by Crippen LogP contribution is -2.23. The van der Waals surface area contributed by atoms with Crippen molar-refractivity contribution in [2.24, 2.45) is 0 Å². The Morgan fingerprint density at radius 2 is 2.13 bits per heavy atom. The van der Waals surface area contributed by atoms with Crippen LogP contribution in [0.25, 0.3) is 11.2 Å². The molecular formula is C25H34N5O5PS2. The fourth-order valence-corrected chi connectivity index (χ4v) is 9.63. The minimum Gasteiger partial charge on any atom is -0.400 e. The number of carbonyl (C=O) groups excluding carboxylic acids is 1. The summed E-state index contributed by atoms with van der Waals surface area (Å²) in [5.41, 5.74) is 1.20. The molecule has 2 fully saturated rings. The largest absolute Gasteiger partial charge is 0.400 e. The SMILES string of the molecule is [2H]C[C@H]1O[C@@H](n2cnc3c(=O)[nH]c(C)nc32)C[C@H]1OP(SCCSC(=O)c1ccccc1)N1CCCC1.[3H]OC. The fraction of sp³-hybridized carbons (Fsp3) is 0.520. The molecule has 0 radical (unpaired) electrons. The first-order valence-corrected chi connectivity index (χ1v) is 16.2. The van der Waals surface area contributed by atoms with E-state index in [0.29, 0.717) is 23.6 Å². The van der Waals surface area contributed by atoms with Gasteiger partial charge < -0.3 is 19.4 Å². The van der Waals surface area contributed by atoms with E-state index in [2.05, 4.69) is 24.7 Å². The minimum atomic E-state index is -0.945. The first kappa shape index (κ1) is 26.4. The number of aliphatic hydroxyl groups excluding tert-OH is 1. The Hall–Kier alpha value is -1.79. The second-order valence-corrected chi connectivity index (χ2v) is 13.4. The van der Waals surface area contributed by atoms with E-state index in [-0.39, 0.29) is 35.3 Å². The molecule has 10 nitrogen and oxygen atoms in total. The topological polar surface area (TPSA) is 123 Å². The first-order chi connectivity index (χ1) is 19.4. The Morgan fingerprint density at radius 1 is 1.37 bits per heavy atom. The number of aromatic amines is 1. The van der Waals surface area contributed by atoms with Crippen molar-refractivity contribution in [3.05, 3.63) is 58.4 Å². The van der Waals surface area contributed by atoms with Gasteiger partial charge in [0.1, 0.15) is 12.1 Å². The lowest BCUT2D eigenvalue weighted by molar-refractivity contribution is -0.00155. The molecule has 13 heteroatoms. The molecule has 2 saturated heterocycles. The molecular weight excluding hydrogens is 545 g/mol. The number of aryl methyl sites for hydroxylation is 1. The van der Waals surface area contributed by atoms with E-state index in [1.165, 1.54) is 18.9 Å². The van der Waals surface area contributed by atoms with Crippen LogP contribution >= 0.6 is 30.6 Å². The molecule has 0 aliphatic carbocycles. The molecule has 4 heterocycles. The van der Waals surface area contributed by atoms with Crippen molar-refractivity contribution < 1.29 is 20.5 Å². The third-order valence-corrected chi connectivity index (χ3v) is 11.4. The lowest BCUT2D eigenvalue weighted by Gasteiger charge is -2.29. The van der Waals surface area contributed by atoms with Crippen LogP contribution < -0.4 is 5.56 Å². The van der Waals surface area contributed by atoms with Crippen molar-refractivity contribution in [1.82, 2.24) is 24.2 Å². The number of benzene rings is 1. The number of hydrogen-bond donors (Lipinski definition) is 2. The van der Waals surface area contributed by atoms with Crippen LogP contribution in [0.2, 0.25) is 0 Å². The quantitative estimate of drug-likeness (QED) is 0.278. The van der Waals surface area contributed by atoms with Crippen LogP contribution in [0.3, 0.4) is 0 Å². The van der Waals surface area contributed by atoms with Crippen molar-refractivity contribution in [2.75, 3.05) is 31.7 Å². The zero-order valence-electron chi connectivity index (χ0n) is 23.4. The van der Waals surface area contributed by atoms with E-state index in [1.807, 2.05) is 30.3 Å². The Labute approximate surface area is 234 Å². The van der Waals surface area contributed by atoms with Crippen LogP contribution in [0, 0.1) is 6.92 Å². The predicted molar refractivity (Wildman–Crippen MR) is 154 cm³/mol. The summed E-state index contributed by atoms with van der Waals surface area (Å²) in [5, 5.41) is 3.59. The minimum absolute atomic E-state index is 0.0795. The average Bonchev–Trinajstić information content (AvgIpc) is 3.71. The third-order valence-electron chi connectivity index (χ3n) is 6.11. The smallest absolute Gasteiger partial charge is 0.279 e. The second kappa shape index (κ2) is 14.0. The number of hydrogen-bond acceptors (Lipinski definition) is 10. The highest BCUT2D eigenvalue weighted by atomic mass is 32.7. The number of carbonyl (C=O) groups is 1. The molecule has 2 aromatic heterocycles. The summed E-state index contributed by atoms with van der Waals surface area (Å²) in [6.07, 6.45) is 3.40. The highest BCUT2D eigenvalue weighted by Crippen LogP contribution is 2.57. The molecule has 0 bridgehead atoms. The molecule has 206 valence electrons. The van der Waals surface area contributed by atoms with Crippen molar-refractivity contribution in [3.63, 3.8) is 0 Å². The molecule has 38 heavy (non-hydrogen) atoms. The molecule has 0 saturated carbocycles. The predicted octanol–water partition coefficient (Wildman–Crippen LogP) is 4.36. The molecule has 0 amide bonds. The lowest BCUT2D eigenvalue weighted by atomic mass is 10.2. The molecule has 1 unspecified atom stereocenters. The van der Waals surface area contributed by atoms with Gasteiger partial charge in [-0.3, -0.25) is 18.8 Å². The number of nitrogens with zero attached hydrogens (tertiary/aromatic N) is 4. The fourth-order valence-electron chi connectivity index (χ4n) is 4.30. The van der Waals surface area contributed by atoms with Gasteiger partial charge in [-0.2, -0.15) is 0 Å². The van der Waals surface area contributed by atoms with E-state index in [1.54, 1.807) is 29.2 Å². The number of H-pyrrole nitrogens is 1. The highest BCUT2D eigenvalue weighted by Gasteiger charge is 2.38. The monoisotopic (exact) mass is 582 g/mol. The Bertz CT molecular complexity index is 1300. The summed E-state index contributed by atoms with van der Waals surface area (Å²) in [6, 6.07) is 9.36. The summed E-state index contributed by atoms with van der Waals surface area (Å²) >= 11 is 3.10. The van der Waals surface area contributed by atoms with E-state index >= 15 is 0 Å². The summed E-state index contributed by atoms with van der Waals surface area (Å²) in [7, 11) is 0.347. The van der Waals surface area contributed by atoms with Gasteiger partial charge in [-0.05, 0) is 26.7 Å². The molecule has 3 aromatic rings. The van der Waals surface area contributed by atoms with E-state index < -0.39 is 13.7 Å². The van der Waals surface area contributed by atoms with Crippen LogP contribution in [0.5, 0.6) is 0 Å². The number of rotatable bonds is 9.